The molecule has 1 aliphatic heterocycles. The van der Waals surface area contributed by atoms with Crippen molar-refractivity contribution in [1.29, 1.82) is 0 Å². The molecule has 2 atom stereocenters. The first kappa shape index (κ1) is 15.0. The summed E-state index contributed by atoms with van der Waals surface area (Å²) in [4.78, 5) is 11.4. The van der Waals surface area contributed by atoms with Crippen LogP contribution < -0.4 is 10.6 Å². The highest BCUT2D eigenvalue weighted by atomic mass is 16.3. The zero-order valence-corrected chi connectivity index (χ0v) is 11.7. The molecule has 0 aromatic rings. The highest BCUT2D eigenvalue weighted by Crippen LogP contribution is 2.15. The standard InChI is InChI=1S/C14H26N2O2/c1-10(2)8-14(18)15-7-5-4-6-12-13(17)9-11(3)16-12/h9-12,16-17H,4-8H2,1-3H3,(H,15,18)/t11-,12+/m0/s1. The van der Waals surface area contributed by atoms with E-state index in [4.69, 9.17) is 0 Å². The lowest BCUT2D eigenvalue weighted by molar-refractivity contribution is -0.121. The Morgan fingerprint density at radius 1 is 1.50 bits per heavy atom. The summed E-state index contributed by atoms with van der Waals surface area (Å²) in [5, 5.41) is 15.9. The number of nitrogens with one attached hydrogen (secondary N) is 2. The van der Waals surface area contributed by atoms with E-state index in [0.717, 1.165) is 25.8 Å². The predicted molar refractivity (Wildman–Crippen MR) is 73.4 cm³/mol. The molecule has 18 heavy (non-hydrogen) atoms. The van der Waals surface area contributed by atoms with E-state index < -0.39 is 0 Å². The lowest BCUT2D eigenvalue weighted by Gasteiger charge is -2.13. The fraction of sp³-hybridized carbons (Fsp3) is 0.786. The molecule has 0 saturated carbocycles. The Bertz CT molecular complexity index is 300. The molecule has 3 N–H and O–H groups in total. The Morgan fingerprint density at radius 3 is 2.78 bits per heavy atom. The van der Waals surface area contributed by atoms with Gasteiger partial charge in [-0.15, -0.1) is 0 Å². The molecule has 4 heteroatoms. The van der Waals surface area contributed by atoms with Gasteiger partial charge in [0.2, 0.25) is 5.91 Å². The van der Waals surface area contributed by atoms with E-state index in [0.29, 0.717) is 18.1 Å². The van der Waals surface area contributed by atoms with Gasteiger partial charge in [-0.25, -0.2) is 0 Å². The van der Waals surface area contributed by atoms with Crippen LogP contribution in [0.4, 0.5) is 0 Å². The molecule has 0 aromatic carbocycles. The number of aliphatic hydroxyl groups excluding tert-OH is 1. The van der Waals surface area contributed by atoms with Crippen molar-refractivity contribution in [3.05, 3.63) is 11.8 Å². The van der Waals surface area contributed by atoms with Crippen molar-refractivity contribution in [3.8, 4) is 0 Å². The summed E-state index contributed by atoms with van der Waals surface area (Å²) >= 11 is 0. The first-order valence-corrected chi connectivity index (χ1v) is 6.92. The molecular formula is C14H26N2O2. The maximum absolute atomic E-state index is 11.4. The van der Waals surface area contributed by atoms with Crippen LogP contribution in [0.3, 0.4) is 0 Å². The monoisotopic (exact) mass is 254 g/mol. The van der Waals surface area contributed by atoms with Crippen molar-refractivity contribution in [2.24, 2.45) is 5.92 Å². The Hall–Kier alpha value is -1.03. The van der Waals surface area contributed by atoms with Crippen molar-refractivity contribution in [2.75, 3.05) is 6.54 Å². The fourth-order valence-electron chi connectivity index (χ4n) is 2.20. The van der Waals surface area contributed by atoms with Crippen LogP contribution >= 0.6 is 0 Å². The van der Waals surface area contributed by atoms with Gasteiger partial charge in [-0.3, -0.25) is 4.79 Å². The SMILES string of the molecule is CC(C)CC(=O)NCCCC[C@H]1N[C@@H](C)C=C1O. The number of aliphatic hydroxyl groups is 1. The molecule has 0 aliphatic carbocycles. The van der Waals surface area contributed by atoms with E-state index in [9.17, 15) is 9.90 Å². The van der Waals surface area contributed by atoms with Crippen molar-refractivity contribution < 1.29 is 9.90 Å². The minimum Gasteiger partial charge on any atom is -0.511 e. The average molecular weight is 254 g/mol. The number of carbonyl (C=O) groups is 1. The predicted octanol–water partition coefficient (Wildman–Crippen LogP) is 2.12. The fourth-order valence-corrected chi connectivity index (χ4v) is 2.20. The van der Waals surface area contributed by atoms with Gasteiger partial charge < -0.3 is 15.7 Å². The van der Waals surface area contributed by atoms with Crippen molar-refractivity contribution >= 4 is 5.91 Å². The van der Waals surface area contributed by atoms with Crippen LogP contribution in [0.1, 0.15) is 46.5 Å². The second-order valence-corrected chi connectivity index (χ2v) is 5.54. The van der Waals surface area contributed by atoms with Crippen molar-refractivity contribution in [1.82, 2.24) is 10.6 Å². The minimum absolute atomic E-state index is 0.103. The Morgan fingerprint density at radius 2 is 2.22 bits per heavy atom. The largest absolute Gasteiger partial charge is 0.511 e. The van der Waals surface area contributed by atoms with Crippen molar-refractivity contribution in [2.45, 2.75) is 58.5 Å². The molecular weight excluding hydrogens is 228 g/mol. The topological polar surface area (TPSA) is 61.4 Å². The van der Waals surface area contributed by atoms with Gasteiger partial charge in [0.1, 0.15) is 5.76 Å². The van der Waals surface area contributed by atoms with E-state index in [1.807, 2.05) is 26.8 Å². The lowest BCUT2D eigenvalue weighted by atomic mass is 10.1. The molecule has 1 aliphatic rings. The quantitative estimate of drug-likeness (QED) is 0.610. The molecule has 0 spiro atoms. The summed E-state index contributed by atoms with van der Waals surface area (Å²) in [5.74, 6) is 1.02. The third-order valence-electron chi connectivity index (χ3n) is 3.08. The Kier molecular flexibility index (Phi) is 6.19. The molecule has 0 aromatic heterocycles. The molecule has 0 unspecified atom stereocenters. The van der Waals surface area contributed by atoms with Gasteiger partial charge in [0.05, 0.1) is 6.04 Å². The first-order valence-electron chi connectivity index (χ1n) is 6.92. The van der Waals surface area contributed by atoms with Crippen LogP contribution in [0.2, 0.25) is 0 Å². The van der Waals surface area contributed by atoms with Gasteiger partial charge in [-0.05, 0) is 38.2 Å². The number of hydrogen-bond donors (Lipinski definition) is 3. The number of hydrogen-bond acceptors (Lipinski definition) is 3. The Balaban J connectivity index is 2.03. The molecule has 1 heterocycles. The first-order chi connectivity index (χ1) is 8.49. The third-order valence-corrected chi connectivity index (χ3v) is 3.08. The van der Waals surface area contributed by atoms with Crippen LogP contribution in [0.5, 0.6) is 0 Å². The maximum Gasteiger partial charge on any atom is 0.220 e. The highest BCUT2D eigenvalue weighted by Gasteiger charge is 2.21. The second-order valence-electron chi connectivity index (χ2n) is 5.54. The Labute approximate surface area is 110 Å². The van der Waals surface area contributed by atoms with Gasteiger partial charge in [0.25, 0.3) is 0 Å². The average Bonchev–Trinajstić information content (AvgIpc) is 2.56. The van der Waals surface area contributed by atoms with E-state index in [2.05, 4.69) is 10.6 Å². The maximum atomic E-state index is 11.4. The number of carbonyl (C=O) groups excluding carboxylic acids is 1. The smallest absolute Gasteiger partial charge is 0.220 e. The van der Waals surface area contributed by atoms with Crippen LogP contribution in [-0.2, 0) is 4.79 Å². The lowest BCUT2D eigenvalue weighted by Crippen LogP contribution is -2.30. The molecule has 104 valence electrons. The van der Waals surface area contributed by atoms with E-state index in [1.54, 1.807) is 0 Å². The normalized spacial score (nSPS) is 23.2. The number of amides is 1. The molecule has 4 nitrogen and oxygen atoms in total. The molecule has 0 fully saturated rings. The van der Waals surface area contributed by atoms with Gasteiger partial charge in [0, 0.05) is 19.0 Å². The second kappa shape index (κ2) is 7.41. The highest BCUT2D eigenvalue weighted by molar-refractivity contribution is 5.75. The number of unbranched alkanes of at least 4 members (excludes halogenated alkanes) is 1. The molecule has 0 radical (unpaired) electrons. The summed E-state index contributed by atoms with van der Waals surface area (Å²) in [5.41, 5.74) is 0. The zero-order valence-electron chi connectivity index (χ0n) is 11.7. The van der Waals surface area contributed by atoms with E-state index in [1.165, 1.54) is 0 Å². The van der Waals surface area contributed by atoms with Gasteiger partial charge >= 0.3 is 0 Å². The van der Waals surface area contributed by atoms with Gasteiger partial charge in [-0.1, -0.05) is 13.8 Å². The number of rotatable bonds is 7. The van der Waals surface area contributed by atoms with Gasteiger partial charge in [-0.2, -0.15) is 0 Å². The van der Waals surface area contributed by atoms with Crippen molar-refractivity contribution in [3.63, 3.8) is 0 Å². The molecule has 1 rings (SSSR count). The zero-order chi connectivity index (χ0) is 13.5. The summed E-state index contributed by atoms with van der Waals surface area (Å²) in [6, 6.07) is 0.368. The van der Waals surface area contributed by atoms with Gasteiger partial charge in [0.15, 0.2) is 0 Å². The molecule has 0 saturated heterocycles. The van der Waals surface area contributed by atoms with Crippen LogP contribution in [0.15, 0.2) is 11.8 Å². The van der Waals surface area contributed by atoms with Crippen LogP contribution in [0.25, 0.3) is 0 Å². The summed E-state index contributed by atoms with van der Waals surface area (Å²) in [6.45, 7) is 6.85. The third kappa shape index (κ3) is 5.54. The summed E-state index contributed by atoms with van der Waals surface area (Å²) < 4.78 is 0. The summed E-state index contributed by atoms with van der Waals surface area (Å²) in [6.07, 6.45) is 5.35. The summed E-state index contributed by atoms with van der Waals surface area (Å²) in [7, 11) is 0. The van der Waals surface area contributed by atoms with Crippen LogP contribution in [0, 0.1) is 5.92 Å². The van der Waals surface area contributed by atoms with E-state index >= 15 is 0 Å². The van der Waals surface area contributed by atoms with Crippen LogP contribution in [-0.4, -0.2) is 29.6 Å². The molecule has 1 amide bonds. The molecule has 0 bridgehead atoms. The van der Waals surface area contributed by atoms with E-state index in [-0.39, 0.29) is 18.0 Å². The minimum atomic E-state index is 0.103.